The Hall–Kier alpha value is -3.20. The highest BCUT2D eigenvalue weighted by Gasteiger charge is 2.14. The molecule has 0 spiro atoms. The van der Waals surface area contributed by atoms with Gasteiger partial charge in [0.15, 0.2) is 5.13 Å². The topological polar surface area (TPSA) is 80.5 Å². The summed E-state index contributed by atoms with van der Waals surface area (Å²) >= 11 is 5.11. The lowest BCUT2D eigenvalue weighted by Gasteiger charge is -2.22. The second kappa shape index (κ2) is 13.2. The molecule has 0 aliphatic carbocycles. The molecule has 0 saturated heterocycles. The number of nitrogens with zero attached hydrogens (tertiary/aromatic N) is 2. The standard InChI is InChI=1S/C28H29BrN4O2S/c29-24-13-11-22(12-14-24)26-20-36-28(32-26)33(17-18-35-25-5-2-1-3-6-25)19-21-7-9-23(10-8-21)27(34)31-16-4-15-30/h1-3,5-14,20H,4,15-19,30H2,(H,31,34). The number of ether oxygens (including phenoxy) is 1. The van der Waals surface area contributed by atoms with Crippen LogP contribution in [0.4, 0.5) is 5.13 Å². The fraction of sp³-hybridized carbons (Fsp3) is 0.214. The second-order valence-electron chi connectivity index (χ2n) is 8.20. The lowest BCUT2D eigenvalue weighted by atomic mass is 10.1. The van der Waals surface area contributed by atoms with Gasteiger partial charge in [0.1, 0.15) is 12.4 Å². The lowest BCUT2D eigenvalue weighted by molar-refractivity contribution is 0.0953. The molecular formula is C28H29BrN4O2S. The van der Waals surface area contributed by atoms with Crippen molar-refractivity contribution in [1.82, 2.24) is 10.3 Å². The Morgan fingerprint density at radius 2 is 1.78 bits per heavy atom. The zero-order chi connectivity index (χ0) is 25.2. The number of thiazole rings is 1. The van der Waals surface area contributed by atoms with Crippen molar-refractivity contribution in [2.75, 3.05) is 31.1 Å². The van der Waals surface area contributed by atoms with E-state index < -0.39 is 0 Å². The Kier molecular flexibility index (Phi) is 9.49. The molecule has 0 aliphatic rings. The second-order valence-corrected chi connectivity index (χ2v) is 9.95. The fourth-order valence-corrected chi connectivity index (χ4v) is 4.71. The molecule has 0 fully saturated rings. The molecular weight excluding hydrogens is 536 g/mol. The third kappa shape index (κ3) is 7.40. The highest BCUT2D eigenvalue weighted by Crippen LogP contribution is 2.29. The highest BCUT2D eigenvalue weighted by atomic mass is 79.9. The third-order valence-electron chi connectivity index (χ3n) is 5.53. The average Bonchev–Trinajstić information content (AvgIpc) is 3.40. The van der Waals surface area contributed by atoms with Crippen LogP contribution < -0.4 is 20.7 Å². The summed E-state index contributed by atoms with van der Waals surface area (Å²) < 4.78 is 7.01. The zero-order valence-electron chi connectivity index (χ0n) is 19.9. The van der Waals surface area contributed by atoms with E-state index in [4.69, 9.17) is 15.5 Å². The number of halogens is 1. The van der Waals surface area contributed by atoms with E-state index in [-0.39, 0.29) is 5.91 Å². The molecule has 8 heteroatoms. The smallest absolute Gasteiger partial charge is 0.251 e. The quantitative estimate of drug-likeness (QED) is 0.214. The maximum atomic E-state index is 12.3. The monoisotopic (exact) mass is 564 g/mol. The highest BCUT2D eigenvalue weighted by molar-refractivity contribution is 9.10. The zero-order valence-corrected chi connectivity index (χ0v) is 22.3. The predicted octanol–water partition coefficient (Wildman–Crippen LogP) is 5.74. The summed E-state index contributed by atoms with van der Waals surface area (Å²) in [5, 5.41) is 5.90. The van der Waals surface area contributed by atoms with Crippen molar-refractivity contribution in [3.8, 4) is 17.0 Å². The van der Waals surface area contributed by atoms with Crippen molar-refractivity contribution in [3.63, 3.8) is 0 Å². The minimum atomic E-state index is -0.0813. The molecule has 0 aliphatic heterocycles. The molecule has 0 unspecified atom stereocenters. The Bertz CT molecular complexity index is 1230. The Morgan fingerprint density at radius 1 is 1.03 bits per heavy atom. The van der Waals surface area contributed by atoms with Gasteiger partial charge in [0.25, 0.3) is 5.91 Å². The van der Waals surface area contributed by atoms with Crippen LogP contribution >= 0.6 is 27.3 Å². The molecule has 36 heavy (non-hydrogen) atoms. The van der Waals surface area contributed by atoms with E-state index in [0.29, 0.717) is 38.3 Å². The van der Waals surface area contributed by atoms with Crippen LogP contribution in [-0.2, 0) is 6.54 Å². The number of anilines is 1. The molecule has 4 aromatic rings. The molecule has 1 aromatic heterocycles. The molecule has 0 saturated carbocycles. The summed E-state index contributed by atoms with van der Waals surface area (Å²) in [6, 6.07) is 25.7. The van der Waals surface area contributed by atoms with E-state index >= 15 is 0 Å². The molecule has 0 bridgehead atoms. The van der Waals surface area contributed by atoms with E-state index in [1.807, 2.05) is 66.7 Å². The first kappa shape index (κ1) is 25.9. The first-order valence-corrected chi connectivity index (χ1v) is 13.5. The Balaban J connectivity index is 1.47. The molecule has 0 radical (unpaired) electrons. The van der Waals surface area contributed by atoms with E-state index in [0.717, 1.165) is 38.6 Å². The summed E-state index contributed by atoms with van der Waals surface area (Å²) in [4.78, 5) is 19.5. The van der Waals surface area contributed by atoms with E-state index in [9.17, 15) is 4.79 Å². The van der Waals surface area contributed by atoms with Crippen LogP contribution in [0, 0.1) is 0 Å². The minimum Gasteiger partial charge on any atom is -0.492 e. The summed E-state index contributed by atoms with van der Waals surface area (Å²) in [6.45, 7) is 2.99. The molecule has 6 nitrogen and oxygen atoms in total. The van der Waals surface area contributed by atoms with Crippen LogP contribution in [0.25, 0.3) is 11.3 Å². The van der Waals surface area contributed by atoms with Gasteiger partial charge in [-0.15, -0.1) is 11.3 Å². The van der Waals surface area contributed by atoms with E-state index in [1.165, 1.54) is 0 Å². The van der Waals surface area contributed by atoms with Gasteiger partial charge in [-0.05, 0) is 54.9 Å². The third-order valence-corrected chi connectivity index (χ3v) is 6.96. The number of carbonyl (C=O) groups is 1. The van der Waals surface area contributed by atoms with Crippen LogP contribution in [0.3, 0.4) is 0 Å². The Morgan fingerprint density at radius 3 is 2.50 bits per heavy atom. The van der Waals surface area contributed by atoms with Gasteiger partial charge in [0.05, 0.1) is 12.2 Å². The average molecular weight is 566 g/mol. The number of carbonyl (C=O) groups excluding carboxylic acids is 1. The largest absolute Gasteiger partial charge is 0.492 e. The predicted molar refractivity (Wildman–Crippen MR) is 151 cm³/mol. The molecule has 3 N–H and O–H groups in total. The summed E-state index contributed by atoms with van der Waals surface area (Å²) in [6.07, 6.45) is 0.764. The van der Waals surface area contributed by atoms with Crippen molar-refractivity contribution >= 4 is 38.3 Å². The number of hydrogen-bond donors (Lipinski definition) is 2. The van der Waals surface area contributed by atoms with E-state index in [2.05, 4.69) is 43.7 Å². The molecule has 1 heterocycles. The van der Waals surface area contributed by atoms with E-state index in [1.54, 1.807) is 11.3 Å². The van der Waals surface area contributed by atoms with Crippen LogP contribution in [0.2, 0.25) is 0 Å². The lowest BCUT2D eigenvalue weighted by Crippen LogP contribution is -2.28. The number of rotatable bonds is 12. The van der Waals surface area contributed by atoms with Gasteiger partial charge in [-0.1, -0.05) is 58.4 Å². The van der Waals surface area contributed by atoms with Gasteiger partial charge in [-0.3, -0.25) is 4.79 Å². The van der Waals surface area contributed by atoms with Crippen molar-refractivity contribution in [2.24, 2.45) is 5.73 Å². The van der Waals surface area contributed by atoms with Crippen LogP contribution in [0.5, 0.6) is 5.75 Å². The summed E-state index contributed by atoms with van der Waals surface area (Å²) in [5.74, 6) is 0.763. The van der Waals surface area contributed by atoms with Gasteiger partial charge >= 0.3 is 0 Å². The van der Waals surface area contributed by atoms with Gasteiger partial charge in [-0.25, -0.2) is 4.98 Å². The van der Waals surface area contributed by atoms with Crippen molar-refractivity contribution in [2.45, 2.75) is 13.0 Å². The van der Waals surface area contributed by atoms with Gasteiger partial charge in [0.2, 0.25) is 0 Å². The van der Waals surface area contributed by atoms with Crippen molar-refractivity contribution < 1.29 is 9.53 Å². The molecule has 4 rings (SSSR count). The van der Waals surface area contributed by atoms with Crippen molar-refractivity contribution in [3.05, 3.63) is 99.8 Å². The molecule has 186 valence electrons. The molecule has 0 atom stereocenters. The maximum Gasteiger partial charge on any atom is 0.251 e. The summed E-state index contributed by atoms with van der Waals surface area (Å²) in [7, 11) is 0. The fourth-order valence-electron chi connectivity index (χ4n) is 3.58. The Labute approximate surface area is 224 Å². The minimum absolute atomic E-state index is 0.0813. The number of amides is 1. The number of nitrogens with two attached hydrogens (primary N) is 1. The number of para-hydroxylation sites is 1. The number of aromatic nitrogens is 1. The van der Waals surface area contributed by atoms with Crippen LogP contribution in [0.1, 0.15) is 22.3 Å². The van der Waals surface area contributed by atoms with Gasteiger partial charge in [-0.2, -0.15) is 0 Å². The van der Waals surface area contributed by atoms with Crippen LogP contribution in [-0.4, -0.2) is 37.1 Å². The number of nitrogens with one attached hydrogen (secondary N) is 1. The SMILES string of the molecule is NCCCNC(=O)c1ccc(CN(CCOc2ccccc2)c2nc(-c3ccc(Br)cc3)cs2)cc1. The van der Waals surface area contributed by atoms with Gasteiger partial charge in [0, 0.05) is 34.1 Å². The number of benzene rings is 3. The number of hydrogen-bond acceptors (Lipinski definition) is 6. The van der Waals surface area contributed by atoms with Crippen molar-refractivity contribution in [1.29, 1.82) is 0 Å². The normalized spacial score (nSPS) is 10.7. The van der Waals surface area contributed by atoms with Gasteiger partial charge < -0.3 is 20.7 Å². The first-order chi connectivity index (χ1) is 17.6. The molecule has 3 aromatic carbocycles. The van der Waals surface area contributed by atoms with Crippen LogP contribution in [0.15, 0.2) is 88.7 Å². The molecule has 1 amide bonds. The first-order valence-electron chi connectivity index (χ1n) is 11.8. The maximum absolute atomic E-state index is 12.3. The summed E-state index contributed by atoms with van der Waals surface area (Å²) in [5.41, 5.74) is 9.26.